The lowest BCUT2D eigenvalue weighted by molar-refractivity contribution is -0.137. The first-order chi connectivity index (χ1) is 12.0. The monoisotopic (exact) mass is 406 g/mol. The van der Waals surface area contributed by atoms with Crippen molar-refractivity contribution in [2.45, 2.75) is 20.0 Å². The number of thiazole rings is 1. The SMILES string of the molecule is CCS(=O)(=O)CCNC(=O)c1sc(-c2ccc(C(F)(F)F)cc2)nc1C. The van der Waals surface area contributed by atoms with Crippen molar-refractivity contribution in [2.24, 2.45) is 0 Å². The Bertz CT molecular complexity index is 888. The molecule has 1 heterocycles. The first kappa shape index (κ1) is 20.4. The van der Waals surface area contributed by atoms with Crippen molar-refractivity contribution >= 4 is 27.1 Å². The molecular formula is C16H17F3N2O3S2. The quantitative estimate of drug-likeness (QED) is 0.799. The van der Waals surface area contributed by atoms with Crippen molar-refractivity contribution in [1.29, 1.82) is 0 Å². The van der Waals surface area contributed by atoms with Gasteiger partial charge in [-0.15, -0.1) is 11.3 Å². The number of halogens is 3. The maximum absolute atomic E-state index is 12.6. The fourth-order valence-corrected chi connectivity index (χ4v) is 3.77. The van der Waals surface area contributed by atoms with Crippen molar-refractivity contribution in [1.82, 2.24) is 10.3 Å². The average molecular weight is 406 g/mol. The van der Waals surface area contributed by atoms with E-state index in [0.717, 1.165) is 23.5 Å². The minimum Gasteiger partial charge on any atom is -0.350 e. The number of aromatic nitrogens is 1. The molecule has 1 aromatic heterocycles. The van der Waals surface area contributed by atoms with E-state index in [9.17, 15) is 26.4 Å². The number of benzene rings is 1. The predicted octanol–water partition coefficient (Wildman–Crippen LogP) is 3.30. The molecule has 0 bridgehead atoms. The molecule has 26 heavy (non-hydrogen) atoms. The van der Waals surface area contributed by atoms with Gasteiger partial charge >= 0.3 is 6.18 Å². The molecule has 0 saturated heterocycles. The topological polar surface area (TPSA) is 76.1 Å². The van der Waals surface area contributed by atoms with Crippen LogP contribution in [0.4, 0.5) is 13.2 Å². The normalized spacial score (nSPS) is 12.2. The van der Waals surface area contributed by atoms with E-state index in [4.69, 9.17) is 0 Å². The maximum Gasteiger partial charge on any atom is 0.416 e. The highest BCUT2D eigenvalue weighted by Crippen LogP contribution is 2.32. The summed E-state index contributed by atoms with van der Waals surface area (Å²) in [5.74, 6) is -0.608. The molecule has 0 aliphatic rings. The standard InChI is InChI=1S/C16H17F3N2O3S2/c1-3-26(23,24)9-8-20-14(22)13-10(2)21-15(25-13)11-4-6-12(7-5-11)16(17,18)19/h4-7H,3,8-9H2,1-2H3,(H,20,22). The highest BCUT2D eigenvalue weighted by molar-refractivity contribution is 7.91. The molecule has 1 amide bonds. The van der Waals surface area contributed by atoms with Gasteiger partial charge in [0, 0.05) is 17.9 Å². The second-order valence-corrected chi connectivity index (χ2v) is 8.97. The maximum atomic E-state index is 12.6. The highest BCUT2D eigenvalue weighted by Gasteiger charge is 2.30. The lowest BCUT2D eigenvalue weighted by Gasteiger charge is -2.06. The Morgan fingerprint density at radius 1 is 1.23 bits per heavy atom. The molecule has 0 fully saturated rings. The van der Waals surface area contributed by atoms with Gasteiger partial charge < -0.3 is 5.32 Å². The summed E-state index contributed by atoms with van der Waals surface area (Å²) in [7, 11) is -3.18. The Kier molecular flexibility index (Phi) is 6.07. The summed E-state index contributed by atoms with van der Waals surface area (Å²) in [4.78, 5) is 16.7. The number of rotatable bonds is 6. The first-order valence-corrected chi connectivity index (χ1v) is 10.3. The Labute approximate surface area is 153 Å². The fourth-order valence-electron chi connectivity index (χ4n) is 2.08. The summed E-state index contributed by atoms with van der Waals surface area (Å²) in [5.41, 5.74) is 0.143. The summed E-state index contributed by atoms with van der Waals surface area (Å²) in [6.07, 6.45) is -4.42. The zero-order valence-corrected chi connectivity index (χ0v) is 15.7. The van der Waals surface area contributed by atoms with Crippen LogP contribution in [0.1, 0.15) is 27.9 Å². The number of aryl methyl sites for hydroxylation is 1. The first-order valence-electron chi connectivity index (χ1n) is 7.67. The van der Waals surface area contributed by atoms with E-state index in [0.29, 0.717) is 21.1 Å². The summed E-state index contributed by atoms with van der Waals surface area (Å²) >= 11 is 1.04. The van der Waals surface area contributed by atoms with E-state index in [1.807, 2.05) is 0 Å². The van der Waals surface area contributed by atoms with Gasteiger partial charge in [-0.2, -0.15) is 13.2 Å². The van der Waals surface area contributed by atoms with Crippen LogP contribution in [0.15, 0.2) is 24.3 Å². The molecule has 1 N–H and O–H groups in total. The molecule has 0 atom stereocenters. The number of sulfone groups is 1. The molecule has 5 nitrogen and oxygen atoms in total. The molecule has 2 rings (SSSR count). The zero-order chi connectivity index (χ0) is 19.5. The molecule has 0 saturated carbocycles. The third kappa shape index (κ3) is 5.04. The molecular weight excluding hydrogens is 389 g/mol. The number of hydrogen-bond donors (Lipinski definition) is 1. The van der Waals surface area contributed by atoms with Gasteiger partial charge in [0.25, 0.3) is 5.91 Å². The smallest absolute Gasteiger partial charge is 0.350 e. The van der Waals surface area contributed by atoms with Gasteiger partial charge in [0.2, 0.25) is 0 Å². The Morgan fingerprint density at radius 3 is 2.38 bits per heavy atom. The van der Waals surface area contributed by atoms with Gasteiger partial charge in [-0.3, -0.25) is 4.79 Å². The van der Waals surface area contributed by atoms with E-state index in [1.54, 1.807) is 6.92 Å². The van der Waals surface area contributed by atoms with Crippen LogP contribution in [0.25, 0.3) is 10.6 Å². The van der Waals surface area contributed by atoms with Crippen molar-refractivity contribution in [3.8, 4) is 10.6 Å². The van der Waals surface area contributed by atoms with Crippen LogP contribution in [0.3, 0.4) is 0 Å². The molecule has 10 heteroatoms. The van der Waals surface area contributed by atoms with Crippen molar-refractivity contribution in [3.63, 3.8) is 0 Å². The number of nitrogens with zero attached hydrogens (tertiary/aromatic N) is 1. The van der Waals surface area contributed by atoms with Crippen LogP contribution < -0.4 is 5.32 Å². The number of carbonyl (C=O) groups is 1. The highest BCUT2D eigenvalue weighted by atomic mass is 32.2. The van der Waals surface area contributed by atoms with Crippen LogP contribution in [0, 0.1) is 6.92 Å². The fraction of sp³-hybridized carbons (Fsp3) is 0.375. The third-order valence-corrected chi connectivity index (χ3v) is 6.51. The molecule has 1 aromatic carbocycles. The Hall–Kier alpha value is -1.94. The van der Waals surface area contributed by atoms with E-state index in [1.165, 1.54) is 19.1 Å². The van der Waals surface area contributed by atoms with E-state index in [-0.39, 0.29) is 18.1 Å². The second-order valence-electron chi connectivity index (χ2n) is 5.50. The van der Waals surface area contributed by atoms with E-state index >= 15 is 0 Å². The van der Waals surface area contributed by atoms with Crippen LogP contribution in [0.5, 0.6) is 0 Å². The molecule has 2 aromatic rings. The van der Waals surface area contributed by atoms with Crippen molar-refractivity contribution in [2.75, 3.05) is 18.1 Å². The largest absolute Gasteiger partial charge is 0.416 e. The summed E-state index contributed by atoms with van der Waals surface area (Å²) in [6, 6.07) is 4.52. The van der Waals surface area contributed by atoms with Crippen LogP contribution in [-0.2, 0) is 16.0 Å². The number of hydrogen-bond acceptors (Lipinski definition) is 5. The van der Waals surface area contributed by atoms with Crippen molar-refractivity contribution < 1.29 is 26.4 Å². The Morgan fingerprint density at radius 2 is 1.85 bits per heavy atom. The molecule has 142 valence electrons. The lowest BCUT2D eigenvalue weighted by atomic mass is 10.1. The van der Waals surface area contributed by atoms with Crippen LogP contribution in [-0.4, -0.2) is 37.4 Å². The summed E-state index contributed by atoms with van der Waals surface area (Å²) in [5, 5.41) is 2.95. The number of amides is 1. The third-order valence-electron chi connectivity index (χ3n) is 3.60. The van der Waals surface area contributed by atoms with Gasteiger partial charge in [0.1, 0.15) is 9.88 Å². The van der Waals surface area contributed by atoms with E-state index < -0.39 is 27.5 Å². The Balaban J connectivity index is 2.12. The minimum atomic E-state index is -4.42. The molecule has 0 aliphatic carbocycles. The van der Waals surface area contributed by atoms with E-state index in [2.05, 4.69) is 10.3 Å². The average Bonchev–Trinajstić information content (AvgIpc) is 2.96. The molecule has 0 radical (unpaired) electrons. The molecule has 0 spiro atoms. The number of alkyl halides is 3. The van der Waals surface area contributed by atoms with Gasteiger partial charge in [-0.1, -0.05) is 19.1 Å². The van der Waals surface area contributed by atoms with Gasteiger partial charge in [-0.25, -0.2) is 13.4 Å². The second kappa shape index (κ2) is 7.75. The van der Waals surface area contributed by atoms with Gasteiger partial charge in [-0.05, 0) is 19.1 Å². The van der Waals surface area contributed by atoms with Gasteiger partial charge in [0.05, 0.1) is 17.0 Å². The summed E-state index contributed by atoms with van der Waals surface area (Å²) in [6.45, 7) is 3.13. The lowest BCUT2D eigenvalue weighted by Crippen LogP contribution is -2.29. The van der Waals surface area contributed by atoms with Crippen molar-refractivity contribution in [3.05, 3.63) is 40.4 Å². The number of nitrogens with one attached hydrogen (secondary N) is 1. The molecule has 0 unspecified atom stereocenters. The predicted molar refractivity (Wildman–Crippen MR) is 94.0 cm³/mol. The molecule has 0 aliphatic heterocycles. The zero-order valence-electron chi connectivity index (χ0n) is 14.1. The number of carbonyl (C=O) groups excluding carboxylic acids is 1. The minimum absolute atomic E-state index is 0.000521. The van der Waals surface area contributed by atoms with Gasteiger partial charge in [0.15, 0.2) is 9.84 Å². The van der Waals surface area contributed by atoms with Crippen LogP contribution in [0.2, 0.25) is 0 Å². The summed E-state index contributed by atoms with van der Waals surface area (Å²) < 4.78 is 60.7. The van der Waals surface area contributed by atoms with Crippen LogP contribution >= 0.6 is 11.3 Å².